The molecule has 188 valence electrons. The number of ether oxygens (including phenoxy) is 3. The van der Waals surface area contributed by atoms with Gasteiger partial charge < -0.3 is 24.0 Å². The molecule has 0 bridgehead atoms. The van der Waals surface area contributed by atoms with Crippen molar-refractivity contribution in [2.75, 3.05) is 55.9 Å². The maximum atomic E-state index is 6.11. The molecule has 6 rings (SSSR count). The van der Waals surface area contributed by atoms with E-state index in [9.17, 15) is 0 Å². The van der Waals surface area contributed by atoms with Crippen molar-refractivity contribution < 1.29 is 14.2 Å². The zero-order valence-corrected chi connectivity index (χ0v) is 21.6. The van der Waals surface area contributed by atoms with Gasteiger partial charge in [0.05, 0.1) is 54.2 Å². The molecule has 6 heterocycles. The summed E-state index contributed by atoms with van der Waals surface area (Å²) >= 11 is 1.53. The van der Waals surface area contributed by atoms with E-state index in [1.54, 1.807) is 0 Å². The third kappa shape index (κ3) is 4.30. The fraction of sp³-hybridized carbons (Fsp3) is 0.640. The van der Waals surface area contributed by atoms with Crippen molar-refractivity contribution in [2.45, 2.75) is 58.3 Å². The summed E-state index contributed by atoms with van der Waals surface area (Å²) in [5.74, 6) is 0.986. The number of hydrogen-bond acceptors (Lipinski definition) is 9. The fourth-order valence-electron chi connectivity index (χ4n) is 5.40. The van der Waals surface area contributed by atoms with Crippen molar-refractivity contribution in [3.8, 4) is 11.4 Å². The molecule has 0 amide bonds. The number of aromatic nitrogens is 4. The fourth-order valence-corrected chi connectivity index (χ4v) is 6.26. The first-order chi connectivity index (χ1) is 17.1. The van der Waals surface area contributed by atoms with E-state index >= 15 is 0 Å². The summed E-state index contributed by atoms with van der Waals surface area (Å²) in [5, 5.41) is 4.82. The molecule has 0 radical (unpaired) electrons. The Morgan fingerprint density at radius 2 is 1.74 bits per heavy atom. The van der Waals surface area contributed by atoms with Crippen molar-refractivity contribution >= 4 is 33.3 Å². The maximum absolute atomic E-state index is 6.11. The quantitative estimate of drug-likeness (QED) is 0.534. The Hall–Kier alpha value is -2.27. The van der Waals surface area contributed by atoms with E-state index in [0.717, 1.165) is 85.3 Å². The number of hydrogen-bond donors (Lipinski definition) is 0. The van der Waals surface area contributed by atoms with Crippen molar-refractivity contribution in [1.29, 1.82) is 0 Å². The molecule has 3 aliphatic heterocycles. The number of morpholine rings is 2. The van der Waals surface area contributed by atoms with Crippen LogP contribution in [0.25, 0.3) is 21.6 Å². The van der Waals surface area contributed by atoms with Gasteiger partial charge in [-0.3, -0.25) is 0 Å². The molecule has 35 heavy (non-hydrogen) atoms. The maximum Gasteiger partial charge on any atom is 0.150 e. The minimum Gasteiger partial charge on any atom is -0.377 e. The number of aryl methyl sites for hydroxylation is 1. The molecule has 0 spiro atoms. The smallest absolute Gasteiger partial charge is 0.150 e. The van der Waals surface area contributed by atoms with Crippen LogP contribution in [0.3, 0.4) is 0 Å². The Balaban J connectivity index is 1.51. The van der Waals surface area contributed by atoms with Gasteiger partial charge in [0, 0.05) is 31.8 Å². The molecule has 3 aromatic heterocycles. The molecule has 3 fully saturated rings. The Morgan fingerprint density at radius 1 is 0.971 bits per heavy atom. The molecule has 3 aliphatic rings. The largest absolute Gasteiger partial charge is 0.377 e. The summed E-state index contributed by atoms with van der Waals surface area (Å²) in [6.07, 6.45) is 3.17. The highest BCUT2D eigenvalue weighted by Gasteiger charge is 2.29. The third-order valence-corrected chi connectivity index (χ3v) is 8.12. The van der Waals surface area contributed by atoms with E-state index in [4.69, 9.17) is 28.7 Å². The Morgan fingerprint density at radius 3 is 2.46 bits per heavy atom. The van der Waals surface area contributed by atoms with Gasteiger partial charge >= 0.3 is 0 Å². The molecular weight excluding hydrogens is 464 g/mol. The molecule has 0 aromatic carbocycles. The third-order valence-electron chi connectivity index (χ3n) is 7.26. The van der Waals surface area contributed by atoms with E-state index < -0.39 is 0 Å². The molecule has 3 aromatic rings. The molecule has 3 saturated heterocycles. The van der Waals surface area contributed by atoms with Crippen LogP contribution in [-0.4, -0.2) is 77.3 Å². The molecule has 0 N–H and O–H groups in total. The van der Waals surface area contributed by atoms with Gasteiger partial charge in [-0.25, -0.2) is 9.67 Å². The topological polar surface area (TPSA) is 77.8 Å². The van der Waals surface area contributed by atoms with Crippen molar-refractivity contribution in [3.05, 3.63) is 17.8 Å². The van der Waals surface area contributed by atoms with Crippen LogP contribution >= 0.6 is 11.5 Å². The van der Waals surface area contributed by atoms with Gasteiger partial charge in [0.1, 0.15) is 17.0 Å². The van der Waals surface area contributed by atoms with Gasteiger partial charge in [-0.15, -0.1) is 0 Å². The van der Waals surface area contributed by atoms with E-state index in [1.807, 2.05) is 11.6 Å². The highest BCUT2D eigenvalue weighted by Crippen LogP contribution is 2.41. The summed E-state index contributed by atoms with van der Waals surface area (Å²) in [6, 6.07) is 4.93. The highest BCUT2D eigenvalue weighted by atomic mass is 32.1. The lowest BCUT2D eigenvalue weighted by Crippen LogP contribution is -2.45. The van der Waals surface area contributed by atoms with Crippen LogP contribution in [-0.2, 0) is 14.2 Å². The van der Waals surface area contributed by atoms with Gasteiger partial charge in [-0.2, -0.15) is 9.47 Å². The van der Waals surface area contributed by atoms with E-state index in [1.165, 1.54) is 17.2 Å². The molecule has 10 heteroatoms. The monoisotopic (exact) mass is 498 g/mol. The van der Waals surface area contributed by atoms with Gasteiger partial charge in [-0.05, 0) is 57.6 Å². The number of rotatable bonds is 4. The normalized spacial score (nSPS) is 26.0. The second-order valence-corrected chi connectivity index (χ2v) is 10.7. The average molecular weight is 499 g/mol. The molecule has 0 aliphatic carbocycles. The molecule has 3 atom stereocenters. The minimum absolute atomic E-state index is 0.0506. The Labute approximate surface area is 210 Å². The number of fused-ring (bicyclic) bond motifs is 1. The van der Waals surface area contributed by atoms with Crippen LogP contribution in [0, 0.1) is 6.92 Å². The molecule has 1 unspecified atom stereocenters. The summed E-state index contributed by atoms with van der Waals surface area (Å²) < 4.78 is 25.7. The standard InChI is InChI=1S/C25H34N6O3S/c1-16-12-19(31(27-16)22-6-4-5-9-34-22)23-24-25(35-28-23)20(29-7-10-32-14-17(29)2)13-21(26-24)30-8-11-33-15-18(30)3/h12-13,17-18,22H,4-11,14-15H2,1-3H3/t17-,18+,22?/m0/s1. The van der Waals surface area contributed by atoms with Crippen molar-refractivity contribution in [2.24, 2.45) is 0 Å². The van der Waals surface area contributed by atoms with E-state index in [0.29, 0.717) is 19.3 Å². The van der Waals surface area contributed by atoms with Gasteiger partial charge in [0.2, 0.25) is 0 Å². The van der Waals surface area contributed by atoms with Crippen LogP contribution in [0.4, 0.5) is 11.5 Å². The van der Waals surface area contributed by atoms with Crippen LogP contribution in [0.15, 0.2) is 12.1 Å². The highest BCUT2D eigenvalue weighted by molar-refractivity contribution is 7.14. The summed E-state index contributed by atoms with van der Waals surface area (Å²) in [5.41, 5.74) is 4.98. The lowest BCUT2D eigenvalue weighted by atomic mass is 10.1. The summed E-state index contributed by atoms with van der Waals surface area (Å²) in [7, 11) is 0. The van der Waals surface area contributed by atoms with Gasteiger partial charge in [0.15, 0.2) is 6.23 Å². The van der Waals surface area contributed by atoms with E-state index in [2.05, 4.69) is 35.8 Å². The zero-order chi connectivity index (χ0) is 23.9. The van der Waals surface area contributed by atoms with Crippen LogP contribution in [0.5, 0.6) is 0 Å². The lowest BCUT2D eigenvalue weighted by Gasteiger charge is -2.37. The molecule has 0 saturated carbocycles. The Bertz CT molecular complexity index is 1190. The first-order valence-electron chi connectivity index (χ1n) is 12.8. The van der Waals surface area contributed by atoms with Gasteiger partial charge in [-0.1, -0.05) is 0 Å². The average Bonchev–Trinajstić information content (AvgIpc) is 3.48. The van der Waals surface area contributed by atoms with Crippen molar-refractivity contribution in [3.63, 3.8) is 0 Å². The first-order valence-corrected chi connectivity index (χ1v) is 13.5. The number of anilines is 2. The van der Waals surface area contributed by atoms with E-state index in [-0.39, 0.29) is 12.3 Å². The summed E-state index contributed by atoms with van der Waals surface area (Å²) in [6.45, 7) is 11.8. The number of pyridine rings is 1. The Kier molecular flexibility index (Phi) is 6.38. The SMILES string of the molecule is Cc1cc(-c2nsc3c(N4CCOC[C@@H]4C)cc(N4CCOC[C@H]4C)nc23)n(C2CCCCO2)n1. The number of nitrogens with zero attached hydrogens (tertiary/aromatic N) is 6. The van der Waals surface area contributed by atoms with Crippen LogP contribution in [0.2, 0.25) is 0 Å². The first kappa shape index (κ1) is 23.1. The zero-order valence-electron chi connectivity index (χ0n) is 20.8. The second-order valence-electron chi connectivity index (χ2n) is 9.88. The van der Waals surface area contributed by atoms with Crippen LogP contribution < -0.4 is 9.80 Å². The lowest BCUT2D eigenvalue weighted by molar-refractivity contribution is -0.0385. The van der Waals surface area contributed by atoms with Crippen LogP contribution in [0.1, 0.15) is 45.0 Å². The molecule has 9 nitrogen and oxygen atoms in total. The molecular formula is C25H34N6O3S. The predicted octanol–water partition coefficient (Wildman–Crippen LogP) is 4.01. The summed E-state index contributed by atoms with van der Waals surface area (Å²) in [4.78, 5) is 10.1. The van der Waals surface area contributed by atoms with Crippen molar-refractivity contribution in [1.82, 2.24) is 19.1 Å². The predicted molar refractivity (Wildman–Crippen MR) is 137 cm³/mol. The second kappa shape index (κ2) is 9.65. The minimum atomic E-state index is -0.0506. The van der Waals surface area contributed by atoms with Gasteiger partial charge in [0.25, 0.3) is 0 Å².